The van der Waals surface area contributed by atoms with Gasteiger partial charge in [0.15, 0.2) is 11.5 Å². The minimum Gasteiger partial charge on any atom is -0.454 e. The number of hydrogen-bond acceptors (Lipinski definition) is 6. The van der Waals surface area contributed by atoms with Gasteiger partial charge in [-0.1, -0.05) is 12.8 Å². The highest BCUT2D eigenvalue weighted by Crippen LogP contribution is 2.47. The average molecular weight is 406 g/mol. The van der Waals surface area contributed by atoms with E-state index in [1.54, 1.807) is 6.07 Å². The molecule has 1 aliphatic carbocycles. The lowest BCUT2D eigenvalue weighted by Crippen LogP contribution is -2.46. The van der Waals surface area contributed by atoms with Crippen molar-refractivity contribution in [3.8, 4) is 11.5 Å². The summed E-state index contributed by atoms with van der Waals surface area (Å²) in [5.74, 6) is 1.59. The van der Waals surface area contributed by atoms with Crippen LogP contribution in [0.25, 0.3) is 0 Å². The van der Waals surface area contributed by atoms with E-state index in [0.717, 1.165) is 44.6 Å². The Bertz CT molecular complexity index is 635. The molecule has 1 saturated carbocycles. The molecule has 1 atom stereocenters. The second-order valence-corrected chi connectivity index (χ2v) is 6.80. The van der Waals surface area contributed by atoms with Crippen LogP contribution in [0.5, 0.6) is 11.5 Å². The monoisotopic (exact) mass is 405 g/mol. The molecule has 26 heavy (non-hydrogen) atoms. The molecule has 3 aliphatic rings. The summed E-state index contributed by atoms with van der Waals surface area (Å²) in [7, 11) is 0. The predicted octanol–water partition coefficient (Wildman–Crippen LogP) is 3.30. The predicted molar refractivity (Wildman–Crippen MR) is 103 cm³/mol. The zero-order chi connectivity index (χ0) is 16.5. The molecule has 1 N–H and O–H groups in total. The third-order valence-electron chi connectivity index (χ3n) is 5.43. The molecule has 2 heterocycles. The molecule has 0 bridgehead atoms. The first-order valence-corrected chi connectivity index (χ1v) is 8.77. The van der Waals surface area contributed by atoms with E-state index in [1.165, 1.54) is 12.8 Å². The number of nitro groups is 1. The van der Waals surface area contributed by atoms with Gasteiger partial charge in [-0.05, 0) is 24.8 Å². The van der Waals surface area contributed by atoms with E-state index >= 15 is 0 Å². The Morgan fingerprint density at radius 3 is 2.35 bits per heavy atom. The number of nitrogens with one attached hydrogen (secondary N) is 1. The third-order valence-corrected chi connectivity index (χ3v) is 5.43. The van der Waals surface area contributed by atoms with Crippen molar-refractivity contribution in [3.05, 3.63) is 27.8 Å². The van der Waals surface area contributed by atoms with Gasteiger partial charge in [0.2, 0.25) is 6.79 Å². The molecule has 0 radical (unpaired) electrons. The van der Waals surface area contributed by atoms with Gasteiger partial charge in [0.1, 0.15) is 0 Å². The van der Waals surface area contributed by atoms with Gasteiger partial charge in [-0.3, -0.25) is 15.0 Å². The van der Waals surface area contributed by atoms with Crippen LogP contribution in [0.2, 0.25) is 0 Å². The Morgan fingerprint density at radius 2 is 1.73 bits per heavy atom. The highest BCUT2D eigenvalue weighted by Gasteiger charge is 2.37. The summed E-state index contributed by atoms with van der Waals surface area (Å²) >= 11 is 0. The molecule has 146 valence electrons. The van der Waals surface area contributed by atoms with Crippen molar-refractivity contribution in [3.63, 3.8) is 0 Å². The Kier molecular flexibility index (Phi) is 7.34. The first-order chi connectivity index (χ1) is 11.7. The van der Waals surface area contributed by atoms with Crippen molar-refractivity contribution >= 4 is 30.5 Å². The van der Waals surface area contributed by atoms with E-state index in [-0.39, 0.29) is 48.3 Å². The smallest absolute Gasteiger partial charge is 0.278 e. The Hall–Kier alpha value is -1.28. The third kappa shape index (κ3) is 4.01. The van der Waals surface area contributed by atoms with Crippen LogP contribution < -0.4 is 14.8 Å². The lowest BCUT2D eigenvalue weighted by molar-refractivity contribution is -0.386. The Labute approximate surface area is 165 Å². The number of ether oxygens (including phenoxy) is 2. The summed E-state index contributed by atoms with van der Waals surface area (Å²) in [6.07, 6.45) is 4.71. The fourth-order valence-electron chi connectivity index (χ4n) is 4.32. The lowest BCUT2D eigenvalue weighted by atomic mass is 9.88. The maximum absolute atomic E-state index is 11.7. The molecular formula is C17H25Cl2N3O4. The standard InChI is InChI=1S/C17H23N3O4.2ClH/c21-20(22)14-10-16-15(23-11-24-16)9-13(14)17(12-3-1-2-4-12)19-7-5-18-6-8-19;;/h9-10,12,17-18H,1-8,11H2;2*1H/t17-;;/m0../s1. The molecule has 0 amide bonds. The molecule has 1 aromatic carbocycles. The van der Waals surface area contributed by atoms with Crippen LogP contribution in [0, 0.1) is 16.0 Å². The van der Waals surface area contributed by atoms with Crippen LogP contribution >= 0.6 is 24.8 Å². The SMILES string of the molecule is Cl.Cl.O=[N+]([O-])c1cc2c(cc1[C@H](C1CCCC1)N1CCNCC1)OCO2. The number of nitrogens with zero attached hydrogens (tertiary/aromatic N) is 2. The number of benzene rings is 1. The van der Waals surface area contributed by atoms with Crippen molar-refractivity contribution in [2.24, 2.45) is 5.92 Å². The van der Waals surface area contributed by atoms with Gasteiger partial charge in [0.05, 0.1) is 16.6 Å². The van der Waals surface area contributed by atoms with Gasteiger partial charge in [-0.15, -0.1) is 24.8 Å². The second-order valence-electron chi connectivity index (χ2n) is 6.80. The van der Waals surface area contributed by atoms with Crippen LogP contribution in [0.4, 0.5) is 5.69 Å². The molecule has 0 spiro atoms. The van der Waals surface area contributed by atoms with E-state index in [1.807, 2.05) is 6.07 Å². The van der Waals surface area contributed by atoms with E-state index < -0.39 is 0 Å². The van der Waals surface area contributed by atoms with Crippen LogP contribution in [0.15, 0.2) is 12.1 Å². The molecule has 1 aromatic rings. The van der Waals surface area contributed by atoms with Crippen LogP contribution in [0.3, 0.4) is 0 Å². The van der Waals surface area contributed by atoms with Crippen molar-refractivity contribution in [1.82, 2.24) is 10.2 Å². The number of nitro benzene ring substituents is 1. The summed E-state index contributed by atoms with van der Waals surface area (Å²) in [4.78, 5) is 13.8. The molecular weight excluding hydrogens is 381 g/mol. The number of piperazine rings is 1. The largest absolute Gasteiger partial charge is 0.454 e. The van der Waals surface area contributed by atoms with Gasteiger partial charge < -0.3 is 14.8 Å². The molecule has 0 unspecified atom stereocenters. The minimum absolute atomic E-state index is 0. The highest BCUT2D eigenvalue weighted by molar-refractivity contribution is 5.85. The Morgan fingerprint density at radius 1 is 1.12 bits per heavy atom. The summed E-state index contributed by atoms with van der Waals surface area (Å²) in [6.45, 7) is 3.85. The number of hydrogen-bond donors (Lipinski definition) is 1. The topological polar surface area (TPSA) is 76.9 Å². The molecule has 2 aliphatic heterocycles. The van der Waals surface area contributed by atoms with Crippen molar-refractivity contribution in [2.75, 3.05) is 33.0 Å². The molecule has 4 rings (SSSR count). The van der Waals surface area contributed by atoms with Gasteiger partial charge in [-0.25, -0.2) is 0 Å². The van der Waals surface area contributed by atoms with Gasteiger partial charge in [-0.2, -0.15) is 0 Å². The van der Waals surface area contributed by atoms with Gasteiger partial charge in [0, 0.05) is 32.2 Å². The van der Waals surface area contributed by atoms with E-state index in [4.69, 9.17) is 9.47 Å². The van der Waals surface area contributed by atoms with Crippen molar-refractivity contribution < 1.29 is 14.4 Å². The normalized spacial score (nSPS) is 20.9. The van der Waals surface area contributed by atoms with E-state index in [0.29, 0.717) is 17.4 Å². The number of halogens is 2. The van der Waals surface area contributed by atoms with Gasteiger partial charge >= 0.3 is 0 Å². The lowest BCUT2D eigenvalue weighted by Gasteiger charge is -2.38. The molecule has 2 fully saturated rings. The molecule has 0 aromatic heterocycles. The average Bonchev–Trinajstić information content (AvgIpc) is 3.26. The number of rotatable bonds is 4. The van der Waals surface area contributed by atoms with Crippen LogP contribution in [-0.2, 0) is 0 Å². The zero-order valence-electron chi connectivity index (χ0n) is 14.5. The fourth-order valence-corrected chi connectivity index (χ4v) is 4.32. The zero-order valence-corrected chi connectivity index (χ0v) is 16.2. The summed E-state index contributed by atoms with van der Waals surface area (Å²) in [5, 5.41) is 15.1. The fraction of sp³-hybridized carbons (Fsp3) is 0.647. The second kappa shape index (κ2) is 9.08. The maximum atomic E-state index is 11.7. The number of fused-ring (bicyclic) bond motifs is 1. The minimum atomic E-state index is -0.276. The van der Waals surface area contributed by atoms with E-state index in [9.17, 15) is 10.1 Å². The maximum Gasteiger partial charge on any atom is 0.278 e. The van der Waals surface area contributed by atoms with Crippen LogP contribution in [0.1, 0.15) is 37.3 Å². The van der Waals surface area contributed by atoms with Gasteiger partial charge in [0.25, 0.3) is 5.69 Å². The first kappa shape index (κ1) is 21.0. The van der Waals surface area contributed by atoms with Crippen LogP contribution in [-0.4, -0.2) is 42.8 Å². The Balaban J connectivity index is 0.00000121. The summed E-state index contributed by atoms with van der Waals surface area (Å²) < 4.78 is 10.8. The van der Waals surface area contributed by atoms with E-state index in [2.05, 4.69) is 10.2 Å². The summed E-state index contributed by atoms with van der Waals surface area (Å²) in [6, 6.07) is 3.48. The first-order valence-electron chi connectivity index (χ1n) is 8.77. The molecule has 7 nitrogen and oxygen atoms in total. The quantitative estimate of drug-likeness (QED) is 0.611. The molecule has 9 heteroatoms. The summed E-state index contributed by atoms with van der Waals surface area (Å²) in [5.41, 5.74) is 0.952. The molecule has 1 saturated heterocycles. The highest BCUT2D eigenvalue weighted by atomic mass is 35.5. The van der Waals surface area contributed by atoms with Crippen molar-refractivity contribution in [2.45, 2.75) is 31.7 Å². The van der Waals surface area contributed by atoms with Crippen molar-refractivity contribution in [1.29, 1.82) is 0 Å².